The van der Waals surface area contributed by atoms with E-state index in [1.165, 1.54) is 45.1 Å². The molecule has 0 aromatic heterocycles. The minimum absolute atomic E-state index is 0.720. The third-order valence-corrected chi connectivity index (χ3v) is 4.29. The number of hydrogen-bond donors (Lipinski definition) is 1. The molecule has 3 atom stereocenters. The summed E-state index contributed by atoms with van der Waals surface area (Å²) in [6, 6.07) is 2.40. The first-order valence-corrected chi connectivity index (χ1v) is 7.15. The molecule has 0 bridgehead atoms. The molecule has 1 N–H and O–H groups in total. The second-order valence-corrected chi connectivity index (χ2v) is 5.26. The van der Waals surface area contributed by atoms with Crippen LogP contribution in [0.2, 0.25) is 0 Å². The van der Waals surface area contributed by atoms with Crippen molar-refractivity contribution >= 4 is 0 Å². The molecule has 0 spiro atoms. The maximum atomic E-state index is 3.40. The van der Waals surface area contributed by atoms with Gasteiger partial charge in [-0.1, -0.05) is 13.8 Å². The predicted octanol–water partition coefficient (Wildman–Crippen LogP) is 3.03. The van der Waals surface area contributed by atoms with E-state index >= 15 is 0 Å². The van der Waals surface area contributed by atoms with E-state index in [0.29, 0.717) is 0 Å². The van der Waals surface area contributed by atoms with E-state index in [9.17, 15) is 0 Å². The fourth-order valence-corrected chi connectivity index (χ4v) is 3.04. The number of hydrogen-bond acceptors (Lipinski definition) is 2. The maximum absolute atomic E-state index is 3.40. The van der Waals surface area contributed by atoms with E-state index in [1.54, 1.807) is 0 Å². The predicted molar refractivity (Wildman–Crippen MR) is 71.9 cm³/mol. The first kappa shape index (κ1) is 14.0. The topological polar surface area (TPSA) is 15.3 Å². The highest BCUT2D eigenvalue weighted by Gasteiger charge is 2.28. The van der Waals surface area contributed by atoms with Crippen LogP contribution in [0.4, 0.5) is 0 Å². The van der Waals surface area contributed by atoms with Gasteiger partial charge in [0.15, 0.2) is 0 Å². The lowest BCUT2D eigenvalue weighted by Gasteiger charge is -2.28. The molecule has 1 saturated heterocycles. The standard InChI is InChI=1S/C14H30N2/c1-5-13(15-4)8-7-11-16-12(3)9-10-14(16)6-2/h12-15H,5-11H2,1-4H3. The van der Waals surface area contributed by atoms with Crippen molar-refractivity contribution in [2.24, 2.45) is 0 Å². The van der Waals surface area contributed by atoms with Crippen molar-refractivity contribution in [1.29, 1.82) is 0 Å². The summed E-state index contributed by atoms with van der Waals surface area (Å²) in [5, 5.41) is 3.40. The average Bonchev–Trinajstić information content (AvgIpc) is 2.66. The van der Waals surface area contributed by atoms with Gasteiger partial charge in [0.05, 0.1) is 0 Å². The van der Waals surface area contributed by atoms with Crippen LogP contribution >= 0.6 is 0 Å². The SMILES string of the molecule is CCC(CCCN1C(C)CCC1CC)NC. The van der Waals surface area contributed by atoms with Crippen molar-refractivity contribution in [1.82, 2.24) is 10.2 Å². The lowest BCUT2D eigenvalue weighted by molar-refractivity contribution is 0.192. The molecule has 1 aliphatic heterocycles. The van der Waals surface area contributed by atoms with Gasteiger partial charge in [-0.15, -0.1) is 0 Å². The maximum Gasteiger partial charge on any atom is 0.00960 e. The Morgan fingerprint density at radius 2 is 2.06 bits per heavy atom. The van der Waals surface area contributed by atoms with Gasteiger partial charge in [-0.05, 0) is 59.0 Å². The van der Waals surface area contributed by atoms with Crippen LogP contribution in [0, 0.1) is 0 Å². The Bertz CT molecular complexity index is 178. The number of nitrogens with zero attached hydrogens (tertiary/aromatic N) is 1. The van der Waals surface area contributed by atoms with Crippen LogP contribution in [0.25, 0.3) is 0 Å². The zero-order valence-corrected chi connectivity index (χ0v) is 11.6. The van der Waals surface area contributed by atoms with E-state index in [4.69, 9.17) is 0 Å². The Hall–Kier alpha value is -0.0800. The smallest absolute Gasteiger partial charge is 0.00960 e. The van der Waals surface area contributed by atoms with Crippen molar-refractivity contribution in [2.45, 2.75) is 77.4 Å². The van der Waals surface area contributed by atoms with Gasteiger partial charge in [-0.2, -0.15) is 0 Å². The number of nitrogens with one attached hydrogen (secondary N) is 1. The Balaban J connectivity index is 2.25. The Kier molecular flexibility index (Phi) is 6.37. The molecule has 0 aromatic carbocycles. The van der Waals surface area contributed by atoms with Crippen LogP contribution in [0.5, 0.6) is 0 Å². The summed E-state index contributed by atoms with van der Waals surface area (Å²) >= 11 is 0. The molecule has 1 rings (SSSR count). The molecule has 0 amide bonds. The molecule has 2 nitrogen and oxygen atoms in total. The summed E-state index contributed by atoms with van der Waals surface area (Å²) in [6.45, 7) is 8.30. The Morgan fingerprint density at radius 3 is 2.62 bits per heavy atom. The van der Waals surface area contributed by atoms with Gasteiger partial charge < -0.3 is 5.32 Å². The van der Waals surface area contributed by atoms with Gasteiger partial charge in [0.2, 0.25) is 0 Å². The van der Waals surface area contributed by atoms with Crippen molar-refractivity contribution in [3.63, 3.8) is 0 Å². The minimum atomic E-state index is 0.720. The molecular weight excluding hydrogens is 196 g/mol. The second-order valence-electron chi connectivity index (χ2n) is 5.26. The summed E-state index contributed by atoms with van der Waals surface area (Å²) in [4.78, 5) is 2.74. The first-order valence-electron chi connectivity index (χ1n) is 7.15. The van der Waals surface area contributed by atoms with Crippen LogP contribution in [0.1, 0.15) is 59.3 Å². The second kappa shape index (κ2) is 7.29. The molecular formula is C14H30N2. The van der Waals surface area contributed by atoms with E-state index < -0.39 is 0 Å². The van der Waals surface area contributed by atoms with Gasteiger partial charge in [0.25, 0.3) is 0 Å². The number of rotatable bonds is 7. The molecule has 3 unspecified atom stereocenters. The van der Waals surface area contributed by atoms with Crippen molar-refractivity contribution in [3.05, 3.63) is 0 Å². The monoisotopic (exact) mass is 226 g/mol. The highest BCUT2D eigenvalue weighted by Crippen LogP contribution is 2.26. The molecule has 0 radical (unpaired) electrons. The van der Waals surface area contributed by atoms with Crippen LogP contribution in [-0.4, -0.2) is 36.6 Å². The molecule has 16 heavy (non-hydrogen) atoms. The van der Waals surface area contributed by atoms with Crippen LogP contribution in [-0.2, 0) is 0 Å². The minimum Gasteiger partial charge on any atom is -0.317 e. The summed E-state index contributed by atoms with van der Waals surface area (Å²) in [5.74, 6) is 0. The van der Waals surface area contributed by atoms with Gasteiger partial charge in [-0.25, -0.2) is 0 Å². The summed E-state index contributed by atoms with van der Waals surface area (Å²) in [7, 11) is 2.08. The summed E-state index contributed by atoms with van der Waals surface area (Å²) in [6.07, 6.45) is 8.08. The zero-order valence-electron chi connectivity index (χ0n) is 11.6. The molecule has 0 saturated carbocycles. The normalized spacial score (nSPS) is 28.5. The molecule has 1 aliphatic rings. The Morgan fingerprint density at radius 1 is 1.31 bits per heavy atom. The molecule has 2 heteroatoms. The van der Waals surface area contributed by atoms with E-state index in [0.717, 1.165) is 18.1 Å². The highest BCUT2D eigenvalue weighted by atomic mass is 15.2. The van der Waals surface area contributed by atoms with E-state index in [2.05, 4.69) is 38.0 Å². The number of likely N-dealkylation sites (tertiary alicyclic amines) is 1. The van der Waals surface area contributed by atoms with Gasteiger partial charge in [0.1, 0.15) is 0 Å². The van der Waals surface area contributed by atoms with Crippen LogP contribution < -0.4 is 5.32 Å². The van der Waals surface area contributed by atoms with Crippen molar-refractivity contribution in [2.75, 3.05) is 13.6 Å². The lowest BCUT2D eigenvalue weighted by atomic mass is 10.1. The van der Waals surface area contributed by atoms with Gasteiger partial charge in [-0.3, -0.25) is 4.90 Å². The quantitative estimate of drug-likeness (QED) is 0.718. The molecule has 96 valence electrons. The molecule has 1 heterocycles. The molecule has 0 aliphatic carbocycles. The van der Waals surface area contributed by atoms with Crippen molar-refractivity contribution < 1.29 is 0 Å². The summed E-state index contributed by atoms with van der Waals surface area (Å²) < 4.78 is 0. The first-order chi connectivity index (χ1) is 7.72. The fourth-order valence-electron chi connectivity index (χ4n) is 3.04. The average molecular weight is 226 g/mol. The third kappa shape index (κ3) is 3.74. The van der Waals surface area contributed by atoms with E-state index in [1.807, 2.05) is 0 Å². The van der Waals surface area contributed by atoms with Gasteiger partial charge >= 0.3 is 0 Å². The lowest BCUT2D eigenvalue weighted by Crippen LogP contribution is -2.36. The van der Waals surface area contributed by atoms with Crippen molar-refractivity contribution in [3.8, 4) is 0 Å². The Labute approximate surface area is 102 Å². The fraction of sp³-hybridized carbons (Fsp3) is 1.00. The molecule has 0 aromatic rings. The highest BCUT2D eigenvalue weighted by molar-refractivity contribution is 4.84. The summed E-state index contributed by atoms with van der Waals surface area (Å²) in [5.41, 5.74) is 0. The van der Waals surface area contributed by atoms with Gasteiger partial charge in [0, 0.05) is 18.1 Å². The zero-order chi connectivity index (χ0) is 12.0. The van der Waals surface area contributed by atoms with Crippen LogP contribution in [0.3, 0.4) is 0 Å². The molecule has 1 fully saturated rings. The van der Waals surface area contributed by atoms with E-state index in [-0.39, 0.29) is 0 Å². The largest absolute Gasteiger partial charge is 0.317 e. The third-order valence-electron chi connectivity index (χ3n) is 4.29. The van der Waals surface area contributed by atoms with Crippen LogP contribution in [0.15, 0.2) is 0 Å².